The Morgan fingerprint density at radius 1 is 1.53 bits per heavy atom. The fourth-order valence-corrected chi connectivity index (χ4v) is 2.91. The zero-order valence-electron chi connectivity index (χ0n) is 11.4. The topological polar surface area (TPSA) is 80.1 Å². The van der Waals surface area contributed by atoms with E-state index in [4.69, 9.17) is 0 Å². The van der Waals surface area contributed by atoms with Crippen LogP contribution in [-0.2, 0) is 23.1 Å². The minimum absolute atomic E-state index is 0.382. The van der Waals surface area contributed by atoms with E-state index < -0.39 is 10.0 Å². The third kappa shape index (κ3) is 4.26. The molecule has 8 heteroatoms. The fourth-order valence-electron chi connectivity index (χ4n) is 2.37. The Morgan fingerprint density at radius 3 is 3.00 bits per heavy atom. The second-order valence-electron chi connectivity index (χ2n) is 5.00. The van der Waals surface area contributed by atoms with Gasteiger partial charge in [-0.2, -0.15) is 5.10 Å². The van der Waals surface area contributed by atoms with Crippen LogP contribution < -0.4 is 4.72 Å². The molecular formula is C11H21N5O2S. The predicted molar refractivity (Wildman–Crippen MR) is 71.9 cm³/mol. The maximum atomic E-state index is 11.1. The Morgan fingerprint density at radius 2 is 2.32 bits per heavy atom. The number of sulfonamides is 1. The van der Waals surface area contributed by atoms with Gasteiger partial charge < -0.3 is 0 Å². The van der Waals surface area contributed by atoms with E-state index in [1.165, 1.54) is 6.26 Å². The van der Waals surface area contributed by atoms with Crippen molar-refractivity contribution < 1.29 is 8.42 Å². The molecule has 1 fully saturated rings. The molecule has 1 aliphatic rings. The van der Waals surface area contributed by atoms with Crippen molar-refractivity contribution in [1.82, 2.24) is 24.4 Å². The molecule has 0 spiro atoms. The molecule has 108 valence electrons. The predicted octanol–water partition coefficient (Wildman–Crippen LogP) is -0.331. The van der Waals surface area contributed by atoms with Gasteiger partial charge in [0, 0.05) is 19.6 Å². The molecule has 7 nitrogen and oxygen atoms in total. The molecule has 2 heterocycles. The summed E-state index contributed by atoms with van der Waals surface area (Å²) >= 11 is 0. The van der Waals surface area contributed by atoms with Crippen molar-refractivity contribution in [2.24, 2.45) is 5.92 Å². The average molecular weight is 287 g/mol. The molecule has 2 rings (SSSR count). The zero-order valence-corrected chi connectivity index (χ0v) is 12.2. The molecular weight excluding hydrogens is 266 g/mol. The van der Waals surface area contributed by atoms with Crippen LogP contribution in [0, 0.1) is 5.92 Å². The van der Waals surface area contributed by atoms with E-state index in [0.717, 1.165) is 38.4 Å². The highest BCUT2D eigenvalue weighted by molar-refractivity contribution is 7.88. The van der Waals surface area contributed by atoms with Crippen LogP contribution in [0.2, 0.25) is 0 Å². The molecule has 1 aliphatic heterocycles. The first kappa shape index (κ1) is 14.4. The summed E-state index contributed by atoms with van der Waals surface area (Å²) in [6, 6.07) is 0. The summed E-state index contributed by atoms with van der Waals surface area (Å²) in [4.78, 5) is 6.56. The molecule has 0 amide bonds. The molecule has 1 atom stereocenters. The van der Waals surface area contributed by atoms with Crippen molar-refractivity contribution in [2.45, 2.75) is 26.4 Å². The van der Waals surface area contributed by atoms with E-state index >= 15 is 0 Å². The fraction of sp³-hybridized carbons (Fsp3) is 0.818. The number of hydrogen-bond donors (Lipinski definition) is 1. The van der Waals surface area contributed by atoms with Gasteiger partial charge in [-0.1, -0.05) is 0 Å². The van der Waals surface area contributed by atoms with Gasteiger partial charge in [-0.3, -0.25) is 4.90 Å². The third-order valence-electron chi connectivity index (χ3n) is 3.36. The van der Waals surface area contributed by atoms with Crippen LogP contribution in [0.15, 0.2) is 6.33 Å². The van der Waals surface area contributed by atoms with Crippen molar-refractivity contribution in [3.05, 3.63) is 12.2 Å². The van der Waals surface area contributed by atoms with Crippen LogP contribution in [0.4, 0.5) is 0 Å². The van der Waals surface area contributed by atoms with E-state index in [0.29, 0.717) is 12.5 Å². The van der Waals surface area contributed by atoms with Crippen molar-refractivity contribution in [1.29, 1.82) is 0 Å². The molecule has 1 N–H and O–H groups in total. The number of hydrogen-bond acceptors (Lipinski definition) is 5. The molecule has 1 aromatic heterocycles. The lowest BCUT2D eigenvalue weighted by molar-refractivity contribution is 0.301. The van der Waals surface area contributed by atoms with Gasteiger partial charge in [-0.15, -0.1) is 0 Å². The highest BCUT2D eigenvalue weighted by Crippen LogP contribution is 2.17. The lowest BCUT2D eigenvalue weighted by Gasteiger charge is -2.15. The van der Waals surface area contributed by atoms with E-state index in [-0.39, 0.29) is 0 Å². The van der Waals surface area contributed by atoms with Gasteiger partial charge in [-0.05, 0) is 25.8 Å². The molecule has 0 unspecified atom stereocenters. The van der Waals surface area contributed by atoms with Crippen LogP contribution in [0.25, 0.3) is 0 Å². The molecule has 0 saturated carbocycles. The summed E-state index contributed by atoms with van der Waals surface area (Å²) in [5, 5.41) is 4.15. The normalized spacial score (nSPS) is 21.1. The van der Waals surface area contributed by atoms with Crippen molar-refractivity contribution in [2.75, 3.05) is 25.9 Å². The lowest BCUT2D eigenvalue weighted by Crippen LogP contribution is -2.30. The van der Waals surface area contributed by atoms with Crippen LogP contribution in [-0.4, -0.2) is 54.0 Å². The maximum Gasteiger partial charge on any atom is 0.208 e. The Balaban J connectivity index is 1.82. The minimum Gasteiger partial charge on any atom is -0.296 e. The second kappa shape index (κ2) is 5.98. The van der Waals surface area contributed by atoms with Gasteiger partial charge in [0.1, 0.15) is 12.2 Å². The van der Waals surface area contributed by atoms with E-state index in [1.54, 1.807) is 6.33 Å². The number of nitrogens with zero attached hydrogens (tertiary/aromatic N) is 4. The number of likely N-dealkylation sites (tertiary alicyclic amines) is 1. The standard InChI is InChI=1S/C11H21N5O2S/c1-3-16-11(12-9-13-16)8-15-5-4-10(7-15)6-14-19(2,17)18/h9-10,14H,3-8H2,1-2H3/t10-/m1/s1. The lowest BCUT2D eigenvalue weighted by atomic mass is 10.1. The van der Waals surface area contributed by atoms with Crippen LogP contribution in [0.1, 0.15) is 19.2 Å². The molecule has 1 aromatic rings. The van der Waals surface area contributed by atoms with Crippen molar-refractivity contribution in [3.63, 3.8) is 0 Å². The van der Waals surface area contributed by atoms with Gasteiger partial charge >= 0.3 is 0 Å². The van der Waals surface area contributed by atoms with E-state index in [9.17, 15) is 8.42 Å². The van der Waals surface area contributed by atoms with Crippen LogP contribution >= 0.6 is 0 Å². The zero-order chi connectivity index (χ0) is 13.9. The molecule has 0 bridgehead atoms. The molecule has 19 heavy (non-hydrogen) atoms. The third-order valence-corrected chi connectivity index (χ3v) is 4.06. The summed E-state index contributed by atoms with van der Waals surface area (Å²) in [6.45, 7) is 6.05. The smallest absolute Gasteiger partial charge is 0.208 e. The van der Waals surface area contributed by atoms with Gasteiger partial charge in [0.2, 0.25) is 10.0 Å². The largest absolute Gasteiger partial charge is 0.296 e. The highest BCUT2D eigenvalue weighted by atomic mass is 32.2. The number of nitrogens with one attached hydrogen (secondary N) is 1. The summed E-state index contributed by atoms with van der Waals surface area (Å²) < 4.78 is 26.6. The summed E-state index contributed by atoms with van der Waals surface area (Å²) in [5.74, 6) is 1.35. The Hall–Kier alpha value is -0.990. The molecule has 0 aromatic carbocycles. The van der Waals surface area contributed by atoms with E-state index in [2.05, 4.69) is 19.7 Å². The Bertz CT molecular complexity index is 513. The van der Waals surface area contributed by atoms with Gasteiger partial charge in [0.05, 0.1) is 12.8 Å². The summed E-state index contributed by atoms with van der Waals surface area (Å²) in [6.07, 6.45) is 3.80. The number of rotatable bonds is 6. The van der Waals surface area contributed by atoms with Crippen LogP contribution in [0.3, 0.4) is 0 Å². The quantitative estimate of drug-likeness (QED) is 0.775. The summed E-state index contributed by atoms with van der Waals surface area (Å²) in [7, 11) is -3.08. The number of aromatic nitrogens is 3. The molecule has 0 radical (unpaired) electrons. The first-order chi connectivity index (χ1) is 8.98. The summed E-state index contributed by atoms with van der Waals surface area (Å²) in [5.41, 5.74) is 0. The molecule has 1 saturated heterocycles. The van der Waals surface area contributed by atoms with E-state index in [1.807, 2.05) is 11.6 Å². The first-order valence-corrected chi connectivity index (χ1v) is 8.40. The van der Waals surface area contributed by atoms with Crippen molar-refractivity contribution in [3.8, 4) is 0 Å². The van der Waals surface area contributed by atoms with Gasteiger partial charge in [0.15, 0.2) is 0 Å². The molecule has 0 aliphatic carbocycles. The average Bonchev–Trinajstić information content (AvgIpc) is 2.95. The van der Waals surface area contributed by atoms with Crippen molar-refractivity contribution >= 4 is 10.0 Å². The van der Waals surface area contributed by atoms with Gasteiger partial charge in [0.25, 0.3) is 0 Å². The minimum atomic E-state index is -3.08. The van der Waals surface area contributed by atoms with Gasteiger partial charge in [-0.25, -0.2) is 22.8 Å². The number of aryl methyl sites for hydroxylation is 1. The Kier molecular flexibility index (Phi) is 4.54. The van der Waals surface area contributed by atoms with Crippen LogP contribution in [0.5, 0.6) is 0 Å². The highest BCUT2D eigenvalue weighted by Gasteiger charge is 2.24. The second-order valence-corrected chi connectivity index (χ2v) is 6.84. The Labute approximate surface area is 114 Å². The first-order valence-electron chi connectivity index (χ1n) is 6.51. The maximum absolute atomic E-state index is 11.1. The SMILES string of the molecule is CCn1ncnc1CN1CC[C@H](CNS(C)(=O)=O)C1. The monoisotopic (exact) mass is 287 g/mol.